The molecule has 0 unspecified atom stereocenters. The molecule has 8 nitrogen and oxygen atoms in total. The average molecular weight is 369 g/mol. The number of amides is 3. The Morgan fingerprint density at radius 3 is 2.56 bits per heavy atom. The van der Waals surface area contributed by atoms with E-state index in [-0.39, 0.29) is 12.1 Å². The van der Waals surface area contributed by atoms with E-state index < -0.39 is 11.8 Å². The summed E-state index contributed by atoms with van der Waals surface area (Å²) in [5.74, 6) is -1.52. The second kappa shape index (κ2) is 8.57. The molecule has 4 N–H and O–H groups in total. The van der Waals surface area contributed by atoms with Gasteiger partial charge in [0.2, 0.25) is 0 Å². The van der Waals surface area contributed by atoms with Crippen molar-refractivity contribution in [3.8, 4) is 0 Å². The van der Waals surface area contributed by atoms with Gasteiger partial charge in [-0.1, -0.05) is 11.6 Å². The zero-order valence-corrected chi connectivity index (χ0v) is 14.6. The first-order chi connectivity index (χ1) is 11.9. The van der Waals surface area contributed by atoms with Gasteiger partial charge >= 0.3 is 17.9 Å². The van der Waals surface area contributed by atoms with Gasteiger partial charge in [0.05, 0.1) is 17.3 Å². The lowest BCUT2D eigenvalue weighted by Crippen LogP contribution is -2.49. The maximum Gasteiger partial charge on any atom is 0.409 e. The standard InChI is InChI=1S/C16H21ClN4O4/c1-2-25-16(24)21-7-5-10(6-8-21)19-14(22)15(23)20-11-3-4-13(18)12(17)9-11/h3-4,9-10H,2,5-8,18H2,1H3,(H,19,22)(H,20,23). The van der Waals surface area contributed by atoms with E-state index in [0.29, 0.717) is 48.9 Å². The molecule has 0 aromatic heterocycles. The van der Waals surface area contributed by atoms with Crippen LogP contribution < -0.4 is 16.4 Å². The fourth-order valence-electron chi connectivity index (χ4n) is 2.46. The number of nitrogen functional groups attached to an aromatic ring is 1. The lowest BCUT2D eigenvalue weighted by Gasteiger charge is -2.31. The van der Waals surface area contributed by atoms with Crippen LogP contribution in [-0.4, -0.2) is 48.5 Å². The Bertz CT molecular complexity index is 660. The van der Waals surface area contributed by atoms with E-state index in [1.807, 2.05) is 0 Å². The molecular weight excluding hydrogens is 348 g/mol. The van der Waals surface area contributed by atoms with Crippen molar-refractivity contribution in [2.24, 2.45) is 0 Å². The smallest absolute Gasteiger partial charge is 0.409 e. The van der Waals surface area contributed by atoms with Gasteiger partial charge in [-0.05, 0) is 38.0 Å². The molecule has 1 saturated heterocycles. The van der Waals surface area contributed by atoms with Gasteiger partial charge in [-0.3, -0.25) is 9.59 Å². The number of piperidine rings is 1. The van der Waals surface area contributed by atoms with Crippen molar-refractivity contribution < 1.29 is 19.1 Å². The van der Waals surface area contributed by atoms with Crippen LogP contribution in [0.5, 0.6) is 0 Å². The van der Waals surface area contributed by atoms with Crippen molar-refractivity contribution in [2.75, 3.05) is 30.7 Å². The lowest BCUT2D eigenvalue weighted by molar-refractivity contribution is -0.136. The molecule has 136 valence electrons. The van der Waals surface area contributed by atoms with E-state index >= 15 is 0 Å². The first-order valence-electron chi connectivity index (χ1n) is 7.99. The molecule has 25 heavy (non-hydrogen) atoms. The van der Waals surface area contributed by atoms with Gasteiger partial charge in [-0.2, -0.15) is 0 Å². The molecule has 2 rings (SSSR count). The Labute approximate surface area is 150 Å². The zero-order valence-electron chi connectivity index (χ0n) is 13.9. The number of anilines is 2. The van der Waals surface area contributed by atoms with Gasteiger partial charge in [0.25, 0.3) is 0 Å². The van der Waals surface area contributed by atoms with Gasteiger partial charge in [0, 0.05) is 24.8 Å². The van der Waals surface area contributed by atoms with Crippen molar-refractivity contribution in [2.45, 2.75) is 25.8 Å². The number of hydrogen-bond acceptors (Lipinski definition) is 5. The van der Waals surface area contributed by atoms with Crippen LogP contribution in [0.3, 0.4) is 0 Å². The van der Waals surface area contributed by atoms with Crippen molar-refractivity contribution in [1.29, 1.82) is 0 Å². The molecule has 0 aliphatic carbocycles. The third-order valence-electron chi connectivity index (χ3n) is 3.82. The van der Waals surface area contributed by atoms with E-state index in [9.17, 15) is 14.4 Å². The molecule has 1 fully saturated rings. The van der Waals surface area contributed by atoms with E-state index in [0.717, 1.165) is 0 Å². The van der Waals surface area contributed by atoms with Crippen LogP contribution in [0.15, 0.2) is 18.2 Å². The van der Waals surface area contributed by atoms with E-state index in [2.05, 4.69) is 10.6 Å². The number of halogens is 1. The first kappa shape index (κ1) is 18.9. The molecule has 0 bridgehead atoms. The van der Waals surface area contributed by atoms with E-state index in [1.165, 1.54) is 6.07 Å². The molecule has 0 spiro atoms. The fraction of sp³-hybridized carbons (Fsp3) is 0.438. The monoisotopic (exact) mass is 368 g/mol. The highest BCUT2D eigenvalue weighted by atomic mass is 35.5. The topological polar surface area (TPSA) is 114 Å². The third kappa shape index (κ3) is 5.25. The number of carbonyl (C=O) groups excluding carboxylic acids is 3. The fourth-order valence-corrected chi connectivity index (χ4v) is 2.65. The lowest BCUT2D eigenvalue weighted by atomic mass is 10.1. The predicted molar refractivity (Wildman–Crippen MR) is 94.3 cm³/mol. The van der Waals surface area contributed by atoms with Gasteiger partial charge in [-0.25, -0.2) is 4.79 Å². The zero-order chi connectivity index (χ0) is 18.4. The van der Waals surface area contributed by atoms with Crippen LogP contribution in [0.1, 0.15) is 19.8 Å². The number of nitrogens with two attached hydrogens (primary N) is 1. The summed E-state index contributed by atoms with van der Waals surface area (Å²) in [5.41, 5.74) is 6.37. The molecule has 1 aliphatic rings. The van der Waals surface area contributed by atoms with Crippen LogP contribution in [0.2, 0.25) is 5.02 Å². The van der Waals surface area contributed by atoms with Gasteiger partial charge in [0.15, 0.2) is 0 Å². The van der Waals surface area contributed by atoms with Crippen molar-refractivity contribution in [3.05, 3.63) is 23.2 Å². The second-order valence-corrected chi connectivity index (χ2v) is 6.03. The average Bonchev–Trinajstić information content (AvgIpc) is 2.59. The summed E-state index contributed by atoms with van der Waals surface area (Å²) in [6.45, 7) is 3.01. The van der Waals surface area contributed by atoms with Crippen molar-refractivity contribution in [1.82, 2.24) is 10.2 Å². The minimum absolute atomic E-state index is 0.168. The molecule has 0 radical (unpaired) electrons. The predicted octanol–water partition coefficient (Wildman–Crippen LogP) is 1.60. The number of hydrogen-bond donors (Lipinski definition) is 3. The Morgan fingerprint density at radius 1 is 1.28 bits per heavy atom. The molecule has 0 saturated carbocycles. The summed E-state index contributed by atoms with van der Waals surface area (Å²) < 4.78 is 4.94. The van der Waals surface area contributed by atoms with Crippen molar-refractivity contribution >= 4 is 40.9 Å². The molecule has 1 heterocycles. The van der Waals surface area contributed by atoms with Gasteiger partial charge in [-0.15, -0.1) is 0 Å². The minimum atomic E-state index is -0.784. The van der Waals surface area contributed by atoms with Gasteiger partial charge in [0.1, 0.15) is 0 Å². The maximum absolute atomic E-state index is 12.0. The highest BCUT2D eigenvalue weighted by molar-refractivity contribution is 6.40. The molecule has 0 atom stereocenters. The van der Waals surface area contributed by atoms with Crippen LogP contribution >= 0.6 is 11.6 Å². The highest BCUT2D eigenvalue weighted by Crippen LogP contribution is 2.22. The number of rotatable bonds is 3. The molecule has 1 aromatic rings. The summed E-state index contributed by atoms with van der Waals surface area (Å²) in [4.78, 5) is 37.2. The molecule has 1 aromatic carbocycles. The summed E-state index contributed by atoms with van der Waals surface area (Å²) in [7, 11) is 0. The molecule has 1 aliphatic heterocycles. The van der Waals surface area contributed by atoms with Crippen LogP contribution in [0, 0.1) is 0 Å². The number of likely N-dealkylation sites (tertiary alicyclic amines) is 1. The maximum atomic E-state index is 12.0. The molecule has 3 amide bonds. The Hall–Kier alpha value is -2.48. The number of benzene rings is 1. The van der Waals surface area contributed by atoms with Crippen molar-refractivity contribution in [3.63, 3.8) is 0 Å². The normalized spacial score (nSPS) is 14.7. The quantitative estimate of drug-likeness (QED) is 0.554. The second-order valence-electron chi connectivity index (χ2n) is 5.62. The SMILES string of the molecule is CCOC(=O)N1CCC(NC(=O)C(=O)Nc2ccc(N)c(Cl)c2)CC1. The minimum Gasteiger partial charge on any atom is -0.450 e. The highest BCUT2D eigenvalue weighted by Gasteiger charge is 2.26. The summed E-state index contributed by atoms with van der Waals surface area (Å²) in [6, 6.07) is 4.41. The van der Waals surface area contributed by atoms with Crippen LogP contribution in [0.25, 0.3) is 0 Å². The number of ether oxygens (including phenoxy) is 1. The van der Waals surface area contributed by atoms with E-state index in [4.69, 9.17) is 22.1 Å². The number of nitrogens with one attached hydrogen (secondary N) is 2. The van der Waals surface area contributed by atoms with Crippen LogP contribution in [0.4, 0.5) is 16.2 Å². The Morgan fingerprint density at radius 2 is 1.96 bits per heavy atom. The largest absolute Gasteiger partial charge is 0.450 e. The van der Waals surface area contributed by atoms with Crippen LogP contribution in [-0.2, 0) is 14.3 Å². The number of nitrogens with zero attached hydrogens (tertiary/aromatic N) is 1. The summed E-state index contributed by atoms with van der Waals surface area (Å²) in [6.07, 6.45) is 0.766. The molecular formula is C16H21ClN4O4. The third-order valence-corrected chi connectivity index (χ3v) is 4.15. The Kier molecular flexibility index (Phi) is 6.46. The Balaban J connectivity index is 1.81. The van der Waals surface area contributed by atoms with Gasteiger partial charge < -0.3 is 26.0 Å². The van der Waals surface area contributed by atoms with E-state index in [1.54, 1.807) is 24.0 Å². The molecule has 9 heteroatoms. The first-order valence-corrected chi connectivity index (χ1v) is 8.37. The number of carbonyl (C=O) groups is 3. The summed E-state index contributed by atoms with van der Waals surface area (Å²) >= 11 is 5.87. The summed E-state index contributed by atoms with van der Waals surface area (Å²) in [5, 5.41) is 5.43.